The van der Waals surface area contributed by atoms with Crippen LogP contribution in [0.5, 0.6) is 0 Å². The molecule has 0 saturated carbocycles. The van der Waals surface area contributed by atoms with Gasteiger partial charge in [0.05, 0.1) is 17.7 Å². The van der Waals surface area contributed by atoms with Crippen LogP contribution in [0.25, 0.3) is 0 Å². The van der Waals surface area contributed by atoms with Crippen LogP contribution >= 0.6 is 0 Å². The van der Waals surface area contributed by atoms with Gasteiger partial charge in [0, 0.05) is 18.9 Å². The van der Waals surface area contributed by atoms with Gasteiger partial charge >= 0.3 is 5.97 Å². The molecule has 1 saturated heterocycles. The molecule has 1 aliphatic heterocycles. The van der Waals surface area contributed by atoms with E-state index in [0.29, 0.717) is 12.8 Å². The van der Waals surface area contributed by atoms with Crippen LogP contribution in [0.1, 0.15) is 39.5 Å². The first-order valence-corrected chi connectivity index (χ1v) is 8.73. The van der Waals surface area contributed by atoms with E-state index in [1.807, 2.05) is 13.8 Å². The van der Waals surface area contributed by atoms with Crippen molar-refractivity contribution in [3.05, 3.63) is 28.3 Å². The van der Waals surface area contributed by atoms with Gasteiger partial charge in [0.1, 0.15) is 11.7 Å². The van der Waals surface area contributed by atoms with Crippen molar-refractivity contribution in [1.29, 1.82) is 0 Å². The maximum Gasteiger partial charge on any atom is 0.328 e. The molecule has 0 radical (unpaired) electrons. The Hall–Kier alpha value is -2.97. The maximum absolute atomic E-state index is 12.1. The summed E-state index contributed by atoms with van der Waals surface area (Å²) in [4.78, 5) is 48.0. The van der Waals surface area contributed by atoms with Crippen molar-refractivity contribution in [3.8, 4) is 0 Å². The first kappa shape index (κ1) is 20.3. The second-order valence-corrected chi connectivity index (χ2v) is 6.78. The molecular weight excluding hydrogens is 354 g/mol. The lowest BCUT2D eigenvalue weighted by Gasteiger charge is -2.25. The number of nitrogens with zero attached hydrogens (tertiary/aromatic N) is 2. The van der Waals surface area contributed by atoms with E-state index in [9.17, 15) is 24.5 Å². The van der Waals surface area contributed by atoms with Gasteiger partial charge in [-0.1, -0.05) is 13.8 Å². The number of methoxy groups -OCH3 is 1. The number of carbonyl (C=O) groups is 3. The molecule has 146 valence electrons. The number of hydrogen-bond donors (Lipinski definition) is 1. The number of esters is 1. The van der Waals surface area contributed by atoms with Crippen molar-refractivity contribution >= 4 is 34.8 Å². The van der Waals surface area contributed by atoms with E-state index in [1.54, 1.807) is 0 Å². The number of piperidine rings is 1. The highest BCUT2D eigenvalue weighted by molar-refractivity contribution is 6.16. The average molecular weight is 377 g/mol. The molecule has 2 rings (SSSR count). The molecule has 27 heavy (non-hydrogen) atoms. The minimum absolute atomic E-state index is 0.122. The van der Waals surface area contributed by atoms with E-state index < -0.39 is 16.9 Å². The lowest BCUT2D eigenvalue weighted by Crippen LogP contribution is -2.40. The summed E-state index contributed by atoms with van der Waals surface area (Å²) in [6.45, 7) is 3.84. The highest BCUT2D eigenvalue weighted by atomic mass is 16.6. The fourth-order valence-corrected chi connectivity index (χ4v) is 2.99. The number of nitro benzene ring substituents is 1. The molecule has 1 atom stereocenters. The first-order chi connectivity index (χ1) is 12.7. The van der Waals surface area contributed by atoms with Crippen LogP contribution in [0.2, 0.25) is 0 Å². The topological polar surface area (TPSA) is 119 Å². The van der Waals surface area contributed by atoms with Crippen LogP contribution in [0.4, 0.5) is 17.1 Å². The normalized spacial score (nSPS) is 15.6. The molecule has 1 aromatic rings. The van der Waals surface area contributed by atoms with E-state index in [-0.39, 0.29) is 47.6 Å². The van der Waals surface area contributed by atoms with Crippen LogP contribution in [-0.4, -0.2) is 35.9 Å². The number of nitrogens with one attached hydrogen (secondary N) is 1. The molecule has 0 unspecified atom stereocenters. The Balaban J connectivity index is 2.37. The summed E-state index contributed by atoms with van der Waals surface area (Å²) in [7, 11) is 1.25. The minimum Gasteiger partial charge on any atom is -0.467 e. The summed E-state index contributed by atoms with van der Waals surface area (Å²) in [6, 6.07) is 3.28. The molecule has 1 N–H and O–H groups in total. The molecular formula is C18H23N3O6. The van der Waals surface area contributed by atoms with E-state index in [2.05, 4.69) is 5.32 Å². The molecule has 1 aliphatic rings. The third-order valence-electron chi connectivity index (χ3n) is 4.24. The number of nitro groups is 1. The minimum atomic E-state index is -0.752. The molecule has 0 spiro atoms. The number of anilines is 2. The van der Waals surface area contributed by atoms with Crippen molar-refractivity contribution in [2.75, 3.05) is 17.3 Å². The van der Waals surface area contributed by atoms with Crippen LogP contribution in [0.15, 0.2) is 18.2 Å². The summed E-state index contributed by atoms with van der Waals surface area (Å²) in [6.07, 6.45) is 1.34. The highest BCUT2D eigenvalue weighted by Crippen LogP contribution is 2.32. The van der Waals surface area contributed by atoms with Gasteiger partial charge in [0.2, 0.25) is 11.8 Å². The smallest absolute Gasteiger partial charge is 0.328 e. The monoisotopic (exact) mass is 377 g/mol. The summed E-state index contributed by atoms with van der Waals surface area (Å²) < 4.78 is 4.76. The fraction of sp³-hybridized carbons (Fsp3) is 0.500. The van der Waals surface area contributed by atoms with E-state index in [1.165, 1.54) is 25.3 Å². The zero-order chi connectivity index (χ0) is 20.1. The Morgan fingerprint density at radius 1 is 1.30 bits per heavy atom. The molecule has 0 bridgehead atoms. The summed E-state index contributed by atoms with van der Waals surface area (Å²) in [5.41, 5.74) is -0.0477. The molecule has 9 heteroatoms. The van der Waals surface area contributed by atoms with Gasteiger partial charge in [-0.2, -0.15) is 0 Å². The van der Waals surface area contributed by atoms with Crippen LogP contribution in [0, 0.1) is 16.0 Å². The zero-order valence-corrected chi connectivity index (χ0v) is 15.6. The molecule has 1 fully saturated rings. The van der Waals surface area contributed by atoms with Crippen molar-refractivity contribution in [3.63, 3.8) is 0 Å². The summed E-state index contributed by atoms with van der Waals surface area (Å²) in [5.74, 6) is -1.13. The first-order valence-electron chi connectivity index (χ1n) is 8.73. The van der Waals surface area contributed by atoms with Gasteiger partial charge < -0.3 is 10.1 Å². The lowest BCUT2D eigenvalue weighted by atomic mass is 10.0. The Morgan fingerprint density at radius 2 is 1.93 bits per heavy atom. The van der Waals surface area contributed by atoms with Crippen molar-refractivity contribution in [1.82, 2.24) is 0 Å². The molecule has 2 amide bonds. The fourth-order valence-electron chi connectivity index (χ4n) is 2.99. The molecule has 0 aliphatic carbocycles. The lowest BCUT2D eigenvalue weighted by molar-refractivity contribution is -0.383. The second kappa shape index (κ2) is 8.61. The van der Waals surface area contributed by atoms with Gasteiger partial charge in [-0.3, -0.25) is 24.6 Å². The van der Waals surface area contributed by atoms with Gasteiger partial charge in [0.15, 0.2) is 0 Å². The second-order valence-electron chi connectivity index (χ2n) is 6.78. The predicted octanol–water partition coefficient (Wildman–Crippen LogP) is 2.64. The maximum atomic E-state index is 12.1. The quantitative estimate of drug-likeness (QED) is 0.336. The van der Waals surface area contributed by atoms with Crippen LogP contribution in [0.3, 0.4) is 0 Å². The third-order valence-corrected chi connectivity index (χ3v) is 4.24. The van der Waals surface area contributed by atoms with Gasteiger partial charge in [0.25, 0.3) is 5.69 Å². The number of amides is 2. The number of benzene rings is 1. The molecule has 1 aromatic carbocycles. The van der Waals surface area contributed by atoms with E-state index in [4.69, 9.17) is 4.74 Å². The number of rotatable bonds is 7. The average Bonchev–Trinajstić information content (AvgIpc) is 2.60. The number of hydrogen-bond acceptors (Lipinski definition) is 7. The Morgan fingerprint density at radius 3 is 2.44 bits per heavy atom. The zero-order valence-electron chi connectivity index (χ0n) is 15.6. The van der Waals surface area contributed by atoms with Gasteiger partial charge in [-0.05, 0) is 30.9 Å². The number of imide groups is 1. The Bertz CT molecular complexity index is 745. The van der Waals surface area contributed by atoms with Crippen LogP contribution in [-0.2, 0) is 19.1 Å². The largest absolute Gasteiger partial charge is 0.467 e. The standard InChI is InChI=1S/C18H23N3O6/c1-11(2)9-14(18(24)27-3)19-13-8-7-12(10-15(13)21(25)26)20-16(22)5-4-6-17(20)23/h7-8,10-11,14,19H,4-6,9H2,1-3H3/t14-/m0/s1. The Kier molecular flexibility index (Phi) is 6.49. The number of ether oxygens (including phenoxy) is 1. The predicted molar refractivity (Wildman–Crippen MR) is 98.3 cm³/mol. The summed E-state index contributed by atoms with van der Waals surface area (Å²) >= 11 is 0. The molecule has 0 aromatic heterocycles. The number of carbonyl (C=O) groups excluding carboxylic acids is 3. The van der Waals surface area contributed by atoms with Crippen molar-refractivity contribution < 1.29 is 24.0 Å². The van der Waals surface area contributed by atoms with E-state index in [0.717, 1.165) is 4.90 Å². The van der Waals surface area contributed by atoms with Crippen molar-refractivity contribution in [2.24, 2.45) is 5.92 Å². The van der Waals surface area contributed by atoms with Crippen LogP contribution < -0.4 is 10.2 Å². The summed E-state index contributed by atoms with van der Waals surface area (Å²) in [5, 5.41) is 14.4. The van der Waals surface area contributed by atoms with Gasteiger partial charge in [-0.25, -0.2) is 4.79 Å². The Labute approximate surface area is 156 Å². The SMILES string of the molecule is COC(=O)[C@H](CC(C)C)Nc1ccc(N2C(=O)CCCC2=O)cc1[N+](=O)[O-]. The van der Waals surface area contributed by atoms with Gasteiger partial charge in [-0.15, -0.1) is 0 Å². The molecule has 9 nitrogen and oxygen atoms in total. The highest BCUT2D eigenvalue weighted by Gasteiger charge is 2.30. The van der Waals surface area contributed by atoms with Crippen molar-refractivity contribution in [2.45, 2.75) is 45.6 Å². The third kappa shape index (κ3) is 4.81. The van der Waals surface area contributed by atoms with E-state index >= 15 is 0 Å². The molecule has 1 heterocycles.